The van der Waals surface area contributed by atoms with Gasteiger partial charge in [0.2, 0.25) is 0 Å². The van der Waals surface area contributed by atoms with Crippen LogP contribution in [0.4, 0.5) is 4.79 Å². The van der Waals surface area contributed by atoms with Gasteiger partial charge in [0.05, 0.1) is 14.2 Å². The van der Waals surface area contributed by atoms with Gasteiger partial charge in [-0.3, -0.25) is 0 Å². The van der Waals surface area contributed by atoms with E-state index in [0.717, 1.165) is 11.1 Å². The summed E-state index contributed by atoms with van der Waals surface area (Å²) >= 11 is 0. The summed E-state index contributed by atoms with van der Waals surface area (Å²) in [6.45, 7) is 0.563. The van der Waals surface area contributed by atoms with Crippen molar-refractivity contribution in [2.75, 3.05) is 14.2 Å². The van der Waals surface area contributed by atoms with Crippen molar-refractivity contribution in [2.24, 2.45) is 0 Å². The van der Waals surface area contributed by atoms with E-state index in [4.69, 9.17) is 14.2 Å². The third-order valence-electron chi connectivity index (χ3n) is 3.13. The van der Waals surface area contributed by atoms with E-state index in [-0.39, 0.29) is 6.61 Å². The topological polar surface area (TPSA) is 56.8 Å². The summed E-state index contributed by atoms with van der Waals surface area (Å²) in [5, 5.41) is 2.70. The van der Waals surface area contributed by atoms with Gasteiger partial charge in [0.25, 0.3) is 0 Å². The highest BCUT2D eigenvalue weighted by Crippen LogP contribution is 2.24. The lowest BCUT2D eigenvalue weighted by Crippen LogP contribution is -2.23. The molecule has 2 aromatic carbocycles. The number of ether oxygens (including phenoxy) is 3. The summed E-state index contributed by atoms with van der Waals surface area (Å²) in [5.74, 6) is 1.36. The molecular formula is C17H19NO4. The Hall–Kier alpha value is -2.69. The van der Waals surface area contributed by atoms with Crippen molar-refractivity contribution in [2.45, 2.75) is 13.2 Å². The van der Waals surface area contributed by atoms with Gasteiger partial charge in [-0.1, -0.05) is 30.3 Å². The Kier molecular flexibility index (Phi) is 5.65. The number of amides is 1. The fraction of sp³-hybridized carbons (Fsp3) is 0.235. The van der Waals surface area contributed by atoms with Crippen molar-refractivity contribution in [1.29, 1.82) is 0 Å². The van der Waals surface area contributed by atoms with E-state index in [1.807, 2.05) is 42.5 Å². The molecule has 2 rings (SSSR count). The number of alkyl carbamates (subject to hydrolysis) is 1. The van der Waals surface area contributed by atoms with Gasteiger partial charge in [-0.25, -0.2) is 4.79 Å². The predicted octanol–water partition coefficient (Wildman–Crippen LogP) is 3.13. The molecule has 5 nitrogen and oxygen atoms in total. The summed E-state index contributed by atoms with van der Waals surface area (Å²) in [6, 6.07) is 15.0. The molecule has 22 heavy (non-hydrogen) atoms. The minimum atomic E-state index is -0.471. The van der Waals surface area contributed by atoms with Gasteiger partial charge in [-0.05, 0) is 17.7 Å². The van der Waals surface area contributed by atoms with Crippen LogP contribution in [0.3, 0.4) is 0 Å². The molecule has 1 N–H and O–H groups in total. The Bertz CT molecular complexity index is 613. The first-order chi connectivity index (χ1) is 10.7. The molecule has 0 aromatic heterocycles. The first kappa shape index (κ1) is 15.7. The largest absolute Gasteiger partial charge is 0.497 e. The van der Waals surface area contributed by atoms with Crippen LogP contribution in [-0.4, -0.2) is 20.3 Å². The number of rotatable bonds is 6. The Morgan fingerprint density at radius 1 is 1.05 bits per heavy atom. The van der Waals surface area contributed by atoms with Gasteiger partial charge in [0, 0.05) is 18.2 Å². The molecular weight excluding hydrogens is 282 g/mol. The van der Waals surface area contributed by atoms with Gasteiger partial charge in [0.15, 0.2) is 0 Å². The second-order valence-corrected chi connectivity index (χ2v) is 4.59. The van der Waals surface area contributed by atoms with Gasteiger partial charge >= 0.3 is 6.09 Å². The highest BCUT2D eigenvalue weighted by atomic mass is 16.5. The van der Waals surface area contributed by atoms with Crippen LogP contribution in [0.15, 0.2) is 48.5 Å². The quantitative estimate of drug-likeness (QED) is 0.890. The fourth-order valence-electron chi connectivity index (χ4n) is 1.94. The molecule has 0 saturated carbocycles. The van der Waals surface area contributed by atoms with Gasteiger partial charge in [0.1, 0.15) is 18.1 Å². The van der Waals surface area contributed by atoms with E-state index < -0.39 is 6.09 Å². The third-order valence-corrected chi connectivity index (χ3v) is 3.13. The number of carbonyl (C=O) groups excluding carboxylic acids is 1. The van der Waals surface area contributed by atoms with Crippen molar-refractivity contribution in [3.8, 4) is 11.5 Å². The highest BCUT2D eigenvalue weighted by molar-refractivity contribution is 5.67. The normalized spacial score (nSPS) is 9.91. The van der Waals surface area contributed by atoms with Crippen LogP contribution in [0, 0.1) is 0 Å². The molecule has 0 radical (unpaired) electrons. The Morgan fingerprint density at radius 2 is 1.82 bits per heavy atom. The number of methoxy groups -OCH3 is 2. The van der Waals surface area contributed by atoms with E-state index >= 15 is 0 Å². The first-order valence-corrected chi connectivity index (χ1v) is 6.88. The van der Waals surface area contributed by atoms with Crippen LogP contribution in [0.1, 0.15) is 11.1 Å². The van der Waals surface area contributed by atoms with Crippen LogP contribution in [0.5, 0.6) is 11.5 Å². The molecule has 0 heterocycles. The average Bonchev–Trinajstić information content (AvgIpc) is 2.58. The molecule has 0 fully saturated rings. The molecule has 0 aliphatic carbocycles. The lowest BCUT2D eigenvalue weighted by atomic mass is 10.2. The van der Waals surface area contributed by atoms with Crippen LogP contribution in [0.2, 0.25) is 0 Å². The first-order valence-electron chi connectivity index (χ1n) is 6.88. The maximum Gasteiger partial charge on any atom is 0.407 e. The smallest absolute Gasteiger partial charge is 0.407 e. The molecule has 0 atom stereocenters. The molecule has 0 saturated heterocycles. The van der Waals surface area contributed by atoms with Gasteiger partial charge < -0.3 is 19.5 Å². The molecule has 0 aliphatic heterocycles. The van der Waals surface area contributed by atoms with Gasteiger partial charge in [-0.15, -0.1) is 0 Å². The summed E-state index contributed by atoms with van der Waals surface area (Å²) in [4.78, 5) is 11.7. The SMILES string of the molecule is COc1ccc(CNC(=O)OCc2ccccc2)c(OC)c1. The van der Waals surface area contributed by atoms with Crippen molar-refractivity contribution in [3.05, 3.63) is 59.7 Å². The zero-order valence-electron chi connectivity index (χ0n) is 12.7. The molecule has 116 valence electrons. The van der Waals surface area contributed by atoms with E-state index in [2.05, 4.69) is 5.32 Å². The second-order valence-electron chi connectivity index (χ2n) is 4.59. The van der Waals surface area contributed by atoms with Crippen LogP contribution >= 0.6 is 0 Å². The standard InChI is InChI=1S/C17H19NO4/c1-20-15-9-8-14(16(10-15)21-2)11-18-17(19)22-12-13-6-4-3-5-7-13/h3-10H,11-12H2,1-2H3,(H,18,19). The Labute approximate surface area is 129 Å². The van der Waals surface area contributed by atoms with Crippen LogP contribution in [0.25, 0.3) is 0 Å². The summed E-state index contributed by atoms with van der Waals surface area (Å²) in [7, 11) is 3.17. The van der Waals surface area contributed by atoms with E-state index in [0.29, 0.717) is 18.0 Å². The Balaban J connectivity index is 1.86. The third kappa shape index (κ3) is 4.41. The maximum absolute atomic E-state index is 11.7. The van der Waals surface area contributed by atoms with Crippen LogP contribution < -0.4 is 14.8 Å². The van der Waals surface area contributed by atoms with Crippen molar-refractivity contribution < 1.29 is 19.0 Å². The minimum Gasteiger partial charge on any atom is -0.497 e. The van der Waals surface area contributed by atoms with Crippen molar-refractivity contribution >= 4 is 6.09 Å². The maximum atomic E-state index is 11.7. The number of nitrogens with one attached hydrogen (secondary N) is 1. The van der Waals surface area contributed by atoms with Crippen molar-refractivity contribution in [1.82, 2.24) is 5.32 Å². The lowest BCUT2D eigenvalue weighted by molar-refractivity contribution is 0.139. The number of hydrogen-bond acceptors (Lipinski definition) is 4. The molecule has 0 bridgehead atoms. The molecule has 0 aliphatic rings. The van der Waals surface area contributed by atoms with Crippen LogP contribution in [-0.2, 0) is 17.9 Å². The van der Waals surface area contributed by atoms with Gasteiger partial charge in [-0.2, -0.15) is 0 Å². The van der Waals surface area contributed by atoms with E-state index in [9.17, 15) is 4.79 Å². The molecule has 5 heteroatoms. The number of hydrogen-bond donors (Lipinski definition) is 1. The molecule has 0 unspecified atom stereocenters. The van der Waals surface area contributed by atoms with Crippen molar-refractivity contribution in [3.63, 3.8) is 0 Å². The molecule has 0 spiro atoms. The molecule has 2 aromatic rings. The van der Waals surface area contributed by atoms with E-state index in [1.54, 1.807) is 20.3 Å². The monoisotopic (exact) mass is 301 g/mol. The average molecular weight is 301 g/mol. The fourth-order valence-corrected chi connectivity index (χ4v) is 1.94. The number of carbonyl (C=O) groups is 1. The zero-order chi connectivity index (χ0) is 15.8. The summed E-state index contributed by atoms with van der Waals surface area (Å²) in [5.41, 5.74) is 1.79. The predicted molar refractivity (Wildman–Crippen MR) is 83.0 cm³/mol. The summed E-state index contributed by atoms with van der Waals surface area (Å²) in [6.07, 6.45) is -0.471. The number of benzene rings is 2. The molecule has 1 amide bonds. The second kappa shape index (κ2) is 7.93. The summed E-state index contributed by atoms with van der Waals surface area (Å²) < 4.78 is 15.6. The lowest BCUT2D eigenvalue weighted by Gasteiger charge is -2.11. The highest BCUT2D eigenvalue weighted by Gasteiger charge is 2.08. The zero-order valence-corrected chi connectivity index (χ0v) is 12.7. The van der Waals surface area contributed by atoms with E-state index in [1.165, 1.54) is 0 Å². The minimum absolute atomic E-state index is 0.242. The Morgan fingerprint density at radius 3 is 2.50 bits per heavy atom.